The molecule has 0 saturated heterocycles. The van der Waals surface area contributed by atoms with Gasteiger partial charge in [0.2, 0.25) is 0 Å². The summed E-state index contributed by atoms with van der Waals surface area (Å²) in [6, 6.07) is 9.75. The quantitative estimate of drug-likeness (QED) is 0.614. The van der Waals surface area contributed by atoms with Gasteiger partial charge in [-0.05, 0) is 30.5 Å². The van der Waals surface area contributed by atoms with Crippen molar-refractivity contribution in [1.29, 1.82) is 0 Å². The molecule has 18 heavy (non-hydrogen) atoms. The fourth-order valence-corrected chi connectivity index (χ4v) is 2.44. The molecule has 0 spiro atoms. The zero-order chi connectivity index (χ0) is 13.2. The van der Waals surface area contributed by atoms with Crippen molar-refractivity contribution in [3.63, 3.8) is 0 Å². The third-order valence-electron chi connectivity index (χ3n) is 3.47. The summed E-state index contributed by atoms with van der Waals surface area (Å²) in [4.78, 5) is 0. The molecule has 0 aliphatic heterocycles. The molecule has 1 rings (SSSR count). The number of benzene rings is 1. The van der Waals surface area contributed by atoms with Crippen molar-refractivity contribution in [1.82, 2.24) is 5.32 Å². The molecule has 0 aliphatic carbocycles. The van der Waals surface area contributed by atoms with Crippen LogP contribution in [0.25, 0.3) is 0 Å². The Hall–Kier alpha value is -0.820. The lowest BCUT2D eigenvalue weighted by molar-refractivity contribution is 0.486. The highest BCUT2D eigenvalue weighted by Gasteiger charge is 2.09. The minimum absolute atomic E-state index is 0.539. The Balaban J connectivity index is 2.60. The maximum atomic E-state index is 3.61. The topological polar surface area (TPSA) is 12.0 Å². The average molecular weight is 247 g/mol. The van der Waals surface area contributed by atoms with Gasteiger partial charge < -0.3 is 5.32 Å². The highest BCUT2D eigenvalue weighted by atomic mass is 14.9. The van der Waals surface area contributed by atoms with E-state index >= 15 is 0 Å². The van der Waals surface area contributed by atoms with Crippen molar-refractivity contribution in [2.24, 2.45) is 0 Å². The first-order valence-electron chi connectivity index (χ1n) is 7.64. The molecule has 0 amide bonds. The lowest BCUT2D eigenvalue weighted by Gasteiger charge is -2.18. The summed E-state index contributed by atoms with van der Waals surface area (Å²) >= 11 is 0. The molecule has 102 valence electrons. The molecule has 1 heteroatoms. The van der Waals surface area contributed by atoms with Gasteiger partial charge in [-0.15, -0.1) is 0 Å². The lowest BCUT2D eigenvalue weighted by atomic mass is 9.98. The summed E-state index contributed by atoms with van der Waals surface area (Å²) in [5, 5.41) is 3.61. The van der Waals surface area contributed by atoms with E-state index in [9.17, 15) is 0 Å². The summed E-state index contributed by atoms with van der Waals surface area (Å²) in [5.41, 5.74) is 2.91. The van der Waals surface area contributed by atoms with Gasteiger partial charge in [0.15, 0.2) is 0 Å². The largest absolute Gasteiger partial charge is 0.310 e. The van der Waals surface area contributed by atoms with Crippen LogP contribution in [0.4, 0.5) is 0 Å². The van der Waals surface area contributed by atoms with Crippen LogP contribution in [0.1, 0.15) is 70.0 Å². The molecule has 0 bridgehead atoms. The summed E-state index contributed by atoms with van der Waals surface area (Å²) in [5.74, 6) is 0. The maximum absolute atomic E-state index is 3.61. The minimum atomic E-state index is 0.539. The summed E-state index contributed by atoms with van der Waals surface area (Å²) in [6.07, 6.45) is 7.65. The zero-order valence-corrected chi connectivity index (χ0v) is 12.3. The van der Waals surface area contributed by atoms with Gasteiger partial charge in [-0.3, -0.25) is 0 Å². The Morgan fingerprint density at radius 1 is 0.944 bits per heavy atom. The van der Waals surface area contributed by atoms with Crippen molar-refractivity contribution in [2.75, 3.05) is 6.54 Å². The number of unbranched alkanes of at least 4 members (excludes halogenated alkanes) is 2. The minimum Gasteiger partial charge on any atom is -0.310 e. The van der Waals surface area contributed by atoms with Crippen LogP contribution < -0.4 is 5.32 Å². The van der Waals surface area contributed by atoms with Crippen molar-refractivity contribution >= 4 is 0 Å². The van der Waals surface area contributed by atoms with E-state index in [-0.39, 0.29) is 0 Å². The molecule has 0 radical (unpaired) electrons. The van der Waals surface area contributed by atoms with Crippen LogP contribution in [0, 0.1) is 0 Å². The fourth-order valence-electron chi connectivity index (χ4n) is 2.44. The van der Waals surface area contributed by atoms with Crippen molar-refractivity contribution in [3.8, 4) is 0 Å². The standard InChI is InChI=1S/C17H29N/c1-4-7-8-10-17(18-6-3)16-13-11-15(9-5-2)12-14-16/h11-14,17-18H,4-10H2,1-3H3. The van der Waals surface area contributed by atoms with Crippen LogP contribution >= 0.6 is 0 Å². The maximum Gasteiger partial charge on any atom is 0.0320 e. The van der Waals surface area contributed by atoms with Gasteiger partial charge in [-0.25, -0.2) is 0 Å². The van der Waals surface area contributed by atoms with E-state index in [1.165, 1.54) is 49.7 Å². The van der Waals surface area contributed by atoms with Crippen molar-refractivity contribution in [2.45, 2.75) is 65.3 Å². The first kappa shape index (κ1) is 15.2. The molecule has 0 aliphatic rings. The third-order valence-corrected chi connectivity index (χ3v) is 3.47. The molecular formula is C17H29N. The summed E-state index contributed by atoms with van der Waals surface area (Å²) in [6.45, 7) is 7.74. The van der Waals surface area contributed by atoms with Crippen molar-refractivity contribution < 1.29 is 0 Å². The molecule has 1 aromatic rings. The predicted octanol–water partition coefficient (Wildman–Crippen LogP) is 4.87. The Kier molecular flexibility index (Phi) is 7.75. The van der Waals surface area contributed by atoms with Gasteiger partial charge in [0.05, 0.1) is 0 Å². The van der Waals surface area contributed by atoms with Gasteiger partial charge in [0, 0.05) is 6.04 Å². The average Bonchev–Trinajstić information content (AvgIpc) is 2.39. The molecular weight excluding hydrogens is 218 g/mol. The van der Waals surface area contributed by atoms with E-state index in [4.69, 9.17) is 0 Å². The van der Waals surface area contributed by atoms with E-state index in [0.29, 0.717) is 6.04 Å². The summed E-state index contributed by atoms with van der Waals surface area (Å²) in [7, 11) is 0. The van der Waals surface area contributed by atoms with E-state index in [1.54, 1.807) is 0 Å². The fraction of sp³-hybridized carbons (Fsp3) is 0.647. The number of hydrogen-bond acceptors (Lipinski definition) is 1. The molecule has 1 unspecified atom stereocenters. The van der Waals surface area contributed by atoms with Gasteiger partial charge in [-0.2, -0.15) is 0 Å². The Labute approximate surface area is 113 Å². The highest BCUT2D eigenvalue weighted by molar-refractivity contribution is 5.25. The second kappa shape index (κ2) is 9.16. The Morgan fingerprint density at radius 2 is 1.67 bits per heavy atom. The van der Waals surface area contributed by atoms with Gasteiger partial charge in [0.1, 0.15) is 0 Å². The van der Waals surface area contributed by atoms with E-state index < -0.39 is 0 Å². The van der Waals surface area contributed by atoms with E-state index in [2.05, 4.69) is 50.4 Å². The van der Waals surface area contributed by atoms with Crippen LogP contribution in [0.15, 0.2) is 24.3 Å². The Morgan fingerprint density at radius 3 is 2.22 bits per heavy atom. The van der Waals surface area contributed by atoms with Crippen LogP contribution in [-0.2, 0) is 6.42 Å². The highest BCUT2D eigenvalue weighted by Crippen LogP contribution is 2.20. The Bertz CT molecular complexity index is 302. The molecule has 0 heterocycles. The number of rotatable bonds is 9. The lowest BCUT2D eigenvalue weighted by Crippen LogP contribution is -2.20. The number of nitrogens with one attached hydrogen (secondary N) is 1. The van der Waals surface area contributed by atoms with Crippen LogP contribution in [0.3, 0.4) is 0 Å². The normalized spacial score (nSPS) is 12.6. The zero-order valence-electron chi connectivity index (χ0n) is 12.3. The first-order chi connectivity index (χ1) is 8.81. The molecule has 1 aromatic carbocycles. The molecule has 1 N–H and O–H groups in total. The summed E-state index contributed by atoms with van der Waals surface area (Å²) < 4.78 is 0. The van der Waals surface area contributed by atoms with E-state index in [0.717, 1.165) is 6.54 Å². The first-order valence-corrected chi connectivity index (χ1v) is 7.64. The smallest absolute Gasteiger partial charge is 0.0320 e. The molecule has 1 atom stereocenters. The van der Waals surface area contributed by atoms with Crippen molar-refractivity contribution in [3.05, 3.63) is 35.4 Å². The molecule has 0 fully saturated rings. The second-order valence-corrected chi connectivity index (χ2v) is 5.10. The second-order valence-electron chi connectivity index (χ2n) is 5.10. The number of aryl methyl sites for hydroxylation is 1. The van der Waals surface area contributed by atoms with E-state index in [1.807, 2.05) is 0 Å². The SMILES string of the molecule is CCCCCC(NCC)c1ccc(CCC)cc1. The van der Waals surface area contributed by atoms with Crippen LogP contribution in [0.2, 0.25) is 0 Å². The third kappa shape index (κ3) is 5.22. The molecule has 0 aromatic heterocycles. The predicted molar refractivity (Wildman–Crippen MR) is 81.0 cm³/mol. The van der Waals surface area contributed by atoms with Gasteiger partial charge >= 0.3 is 0 Å². The van der Waals surface area contributed by atoms with Gasteiger partial charge in [0.25, 0.3) is 0 Å². The molecule has 0 saturated carbocycles. The van der Waals surface area contributed by atoms with Crippen LogP contribution in [-0.4, -0.2) is 6.54 Å². The molecule has 1 nitrogen and oxygen atoms in total. The van der Waals surface area contributed by atoms with Crippen LogP contribution in [0.5, 0.6) is 0 Å². The monoisotopic (exact) mass is 247 g/mol. The van der Waals surface area contributed by atoms with Gasteiger partial charge in [-0.1, -0.05) is 70.7 Å². The number of hydrogen-bond donors (Lipinski definition) is 1.